The summed E-state index contributed by atoms with van der Waals surface area (Å²) >= 11 is 1.33. The second-order valence-electron chi connectivity index (χ2n) is 5.04. The Morgan fingerprint density at radius 2 is 2.40 bits per heavy atom. The minimum absolute atomic E-state index is 0.0337. The van der Waals surface area contributed by atoms with E-state index in [9.17, 15) is 4.79 Å². The SMILES string of the molecule is Cc1nnsc1CN(C)C(=O)COC[C@@H]1CCCCO1. The first kappa shape index (κ1) is 15.3. The number of amides is 1. The molecule has 7 heteroatoms. The molecule has 0 N–H and O–H groups in total. The molecule has 2 rings (SSSR count). The molecule has 0 aromatic carbocycles. The van der Waals surface area contributed by atoms with Gasteiger partial charge in [-0.25, -0.2) is 0 Å². The summed E-state index contributed by atoms with van der Waals surface area (Å²) in [7, 11) is 1.77. The maximum absolute atomic E-state index is 11.9. The topological polar surface area (TPSA) is 64.6 Å². The van der Waals surface area contributed by atoms with Crippen LogP contribution in [0.4, 0.5) is 0 Å². The highest BCUT2D eigenvalue weighted by Crippen LogP contribution is 2.13. The third kappa shape index (κ3) is 4.50. The van der Waals surface area contributed by atoms with Crippen LogP contribution in [-0.4, -0.2) is 53.4 Å². The number of carbonyl (C=O) groups is 1. The molecule has 0 radical (unpaired) electrons. The van der Waals surface area contributed by atoms with Crippen LogP contribution in [0, 0.1) is 6.92 Å². The fourth-order valence-electron chi connectivity index (χ4n) is 2.03. The lowest BCUT2D eigenvalue weighted by Crippen LogP contribution is -2.32. The Kier molecular flexibility index (Phi) is 5.87. The van der Waals surface area contributed by atoms with Gasteiger partial charge in [0.15, 0.2) is 0 Å². The molecule has 0 unspecified atom stereocenters. The van der Waals surface area contributed by atoms with Crippen molar-refractivity contribution in [2.75, 3.05) is 26.9 Å². The van der Waals surface area contributed by atoms with E-state index in [1.54, 1.807) is 11.9 Å². The normalized spacial score (nSPS) is 19.0. The highest BCUT2D eigenvalue weighted by atomic mass is 32.1. The van der Waals surface area contributed by atoms with Crippen molar-refractivity contribution in [1.29, 1.82) is 0 Å². The van der Waals surface area contributed by atoms with E-state index in [1.165, 1.54) is 18.0 Å². The van der Waals surface area contributed by atoms with Crippen LogP contribution in [-0.2, 0) is 20.8 Å². The molecule has 0 saturated carbocycles. The van der Waals surface area contributed by atoms with E-state index in [0.717, 1.165) is 30.0 Å². The van der Waals surface area contributed by atoms with Gasteiger partial charge >= 0.3 is 0 Å². The van der Waals surface area contributed by atoms with Crippen molar-refractivity contribution in [2.45, 2.75) is 38.8 Å². The van der Waals surface area contributed by atoms with E-state index in [4.69, 9.17) is 9.47 Å². The van der Waals surface area contributed by atoms with Crippen LogP contribution in [0.3, 0.4) is 0 Å². The number of ether oxygens (including phenoxy) is 2. The largest absolute Gasteiger partial charge is 0.376 e. The number of nitrogens with zero attached hydrogens (tertiary/aromatic N) is 3. The molecule has 1 fully saturated rings. The molecule has 20 heavy (non-hydrogen) atoms. The molecule has 6 nitrogen and oxygen atoms in total. The Bertz CT molecular complexity index is 432. The minimum Gasteiger partial charge on any atom is -0.376 e. The first-order chi connectivity index (χ1) is 9.66. The van der Waals surface area contributed by atoms with Crippen molar-refractivity contribution in [2.24, 2.45) is 0 Å². The molecule has 0 spiro atoms. The van der Waals surface area contributed by atoms with Gasteiger partial charge in [0.2, 0.25) is 5.91 Å². The summed E-state index contributed by atoms with van der Waals surface area (Å²) in [5, 5.41) is 3.94. The van der Waals surface area contributed by atoms with Gasteiger partial charge in [-0.3, -0.25) is 4.79 Å². The van der Waals surface area contributed by atoms with Gasteiger partial charge < -0.3 is 14.4 Å². The van der Waals surface area contributed by atoms with Crippen LogP contribution in [0.25, 0.3) is 0 Å². The zero-order chi connectivity index (χ0) is 14.4. The number of hydrogen-bond donors (Lipinski definition) is 0. The quantitative estimate of drug-likeness (QED) is 0.794. The highest BCUT2D eigenvalue weighted by Gasteiger charge is 2.16. The summed E-state index contributed by atoms with van der Waals surface area (Å²) in [6.07, 6.45) is 3.48. The fourth-order valence-corrected chi connectivity index (χ4v) is 2.71. The second-order valence-corrected chi connectivity index (χ2v) is 5.87. The van der Waals surface area contributed by atoms with Crippen molar-refractivity contribution < 1.29 is 14.3 Å². The monoisotopic (exact) mass is 299 g/mol. The molecule has 0 aliphatic carbocycles. The van der Waals surface area contributed by atoms with Crippen LogP contribution >= 0.6 is 11.5 Å². The van der Waals surface area contributed by atoms with Crippen LogP contribution in [0.5, 0.6) is 0 Å². The lowest BCUT2D eigenvalue weighted by atomic mass is 10.1. The van der Waals surface area contributed by atoms with Crippen molar-refractivity contribution in [3.63, 3.8) is 0 Å². The first-order valence-corrected chi connectivity index (χ1v) is 7.65. The zero-order valence-electron chi connectivity index (χ0n) is 12.0. The van der Waals surface area contributed by atoms with Gasteiger partial charge in [-0.2, -0.15) is 0 Å². The fraction of sp³-hybridized carbons (Fsp3) is 0.769. The lowest BCUT2D eigenvalue weighted by molar-refractivity contribution is -0.137. The van der Waals surface area contributed by atoms with Gasteiger partial charge in [0.1, 0.15) is 6.61 Å². The summed E-state index contributed by atoms with van der Waals surface area (Å²) in [5.74, 6) is -0.0337. The van der Waals surface area contributed by atoms with E-state index in [-0.39, 0.29) is 18.6 Å². The van der Waals surface area contributed by atoms with Gasteiger partial charge in [0, 0.05) is 13.7 Å². The van der Waals surface area contributed by atoms with Gasteiger partial charge in [-0.05, 0) is 37.7 Å². The number of hydrogen-bond acceptors (Lipinski definition) is 6. The highest BCUT2D eigenvalue weighted by molar-refractivity contribution is 7.05. The van der Waals surface area contributed by atoms with E-state index in [2.05, 4.69) is 9.59 Å². The number of rotatable bonds is 6. The van der Waals surface area contributed by atoms with Crippen molar-refractivity contribution in [3.05, 3.63) is 10.6 Å². The van der Waals surface area contributed by atoms with Gasteiger partial charge in [-0.1, -0.05) is 4.49 Å². The number of aromatic nitrogens is 2. The van der Waals surface area contributed by atoms with Crippen molar-refractivity contribution in [3.8, 4) is 0 Å². The maximum Gasteiger partial charge on any atom is 0.248 e. The summed E-state index contributed by atoms with van der Waals surface area (Å²) in [5.41, 5.74) is 0.881. The Morgan fingerprint density at radius 1 is 1.55 bits per heavy atom. The predicted octanol–water partition coefficient (Wildman–Crippen LogP) is 1.39. The van der Waals surface area contributed by atoms with Crippen LogP contribution in [0.1, 0.15) is 29.8 Å². The van der Waals surface area contributed by atoms with Crippen molar-refractivity contribution in [1.82, 2.24) is 14.5 Å². The molecule has 112 valence electrons. The molecular formula is C13H21N3O3S. The predicted molar refractivity (Wildman–Crippen MR) is 75.5 cm³/mol. The maximum atomic E-state index is 11.9. The standard InChI is InChI=1S/C13H21N3O3S/c1-10-12(20-15-14-10)7-16(2)13(17)9-18-8-11-5-3-4-6-19-11/h11H,3-9H2,1-2H3/t11-/m0/s1. The summed E-state index contributed by atoms with van der Waals surface area (Å²) in [6.45, 7) is 3.83. The number of likely N-dealkylation sites (N-methyl/N-ethyl adjacent to an activating group) is 1. The van der Waals surface area contributed by atoms with E-state index >= 15 is 0 Å². The Labute approximate surface area is 123 Å². The molecule has 1 aromatic heterocycles. The van der Waals surface area contributed by atoms with E-state index < -0.39 is 0 Å². The van der Waals surface area contributed by atoms with Crippen LogP contribution < -0.4 is 0 Å². The summed E-state index contributed by atoms with van der Waals surface area (Å²) in [4.78, 5) is 14.6. The Balaban J connectivity index is 1.67. The lowest BCUT2D eigenvalue weighted by Gasteiger charge is -2.23. The molecule has 1 amide bonds. The number of carbonyl (C=O) groups excluding carboxylic acids is 1. The van der Waals surface area contributed by atoms with Crippen LogP contribution in [0.2, 0.25) is 0 Å². The Morgan fingerprint density at radius 3 is 3.05 bits per heavy atom. The molecule has 1 atom stereocenters. The van der Waals surface area contributed by atoms with Crippen LogP contribution in [0.15, 0.2) is 0 Å². The summed E-state index contributed by atoms with van der Waals surface area (Å²) < 4.78 is 14.9. The molecule has 1 saturated heterocycles. The van der Waals surface area contributed by atoms with Gasteiger partial charge in [-0.15, -0.1) is 5.10 Å². The smallest absolute Gasteiger partial charge is 0.248 e. The second kappa shape index (κ2) is 7.66. The molecule has 2 heterocycles. The first-order valence-electron chi connectivity index (χ1n) is 6.88. The zero-order valence-corrected chi connectivity index (χ0v) is 12.8. The third-order valence-electron chi connectivity index (χ3n) is 3.36. The molecular weight excluding hydrogens is 278 g/mol. The molecule has 1 aromatic rings. The molecule has 1 aliphatic heterocycles. The molecule has 1 aliphatic rings. The number of aryl methyl sites for hydroxylation is 1. The van der Waals surface area contributed by atoms with E-state index in [0.29, 0.717) is 13.2 Å². The van der Waals surface area contributed by atoms with Crippen molar-refractivity contribution >= 4 is 17.4 Å². The molecule has 0 bridgehead atoms. The van der Waals surface area contributed by atoms with E-state index in [1.807, 2.05) is 6.92 Å². The minimum atomic E-state index is -0.0337. The van der Waals surface area contributed by atoms with Gasteiger partial charge in [0.25, 0.3) is 0 Å². The Hall–Kier alpha value is -1.05. The average Bonchev–Trinajstić information content (AvgIpc) is 2.85. The summed E-state index contributed by atoms with van der Waals surface area (Å²) in [6, 6.07) is 0. The average molecular weight is 299 g/mol. The third-order valence-corrected chi connectivity index (χ3v) is 4.16. The van der Waals surface area contributed by atoms with Gasteiger partial charge in [0.05, 0.1) is 29.8 Å².